The summed E-state index contributed by atoms with van der Waals surface area (Å²) in [5.74, 6) is 2.10. The second kappa shape index (κ2) is 7.35. The molecule has 1 unspecified atom stereocenters. The standard InChI is InChI=1S/C19H25N5O/c25-19(17-3-8-21-13-17)23-10-4-16(5-11-23)18-22-9-12-24(18)14-15-1-6-20-7-2-15/h1-2,6-7,9,12,16-17,21H,3-5,8,10-11,13-14H2. The molecule has 0 aromatic carbocycles. The highest BCUT2D eigenvalue weighted by Gasteiger charge is 2.31. The number of carbonyl (C=O) groups excluding carboxylic acids is 1. The van der Waals surface area contributed by atoms with Gasteiger partial charge in [0.05, 0.1) is 5.92 Å². The topological polar surface area (TPSA) is 63.1 Å². The Balaban J connectivity index is 1.38. The largest absolute Gasteiger partial charge is 0.342 e. The van der Waals surface area contributed by atoms with Crippen LogP contribution in [0.3, 0.4) is 0 Å². The predicted octanol–water partition coefficient (Wildman–Crippen LogP) is 1.64. The number of aromatic nitrogens is 3. The van der Waals surface area contributed by atoms with Crippen LogP contribution < -0.4 is 5.32 Å². The first-order chi connectivity index (χ1) is 12.3. The quantitative estimate of drug-likeness (QED) is 0.920. The highest BCUT2D eigenvalue weighted by Crippen LogP contribution is 2.28. The van der Waals surface area contributed by atoms with Crippen molar-refractivity contribution in [3.63, 3.8) is 0 Å². The van der Waals surface area contributed by atoms with Gasteiger partial charge in [0.2, 0.25) is 5.91 Å². The molecular weight excluding hydrogens is 314 g/mol. The van der Waals surface area contributed by atoms with E-state index in [9.17, 15) is 4.79 Å². The number of carbonyl (C=O) groups is 1. The van der Waals surface area contributed by atoms with Crippen LogP contribution in [0.25, 0.3) is 0 Å². The molecule has 2 fully saturated rings. The van der Waals surface area contributed by atoms with Gasteiger partial charge in [-0.3, -0.25) is 9.78 Å². The lowest BCUT2D eigenvalue weighted by Gasteiger charge is -2.33. The van der Waals surface area contributed by atoms with Crippen molar-refractivity contribution in [3.05, 3.63) is 48.3 Å². The zero-order valence-corrected chi connectivity index (χ0v) is 14.5. The predicted molar refractivity (Wildman–Crippen MR) is 95.1 cm³/mol. The molecule has 132 valence electrons. The minimum absolute atomic E-state index is 0.185. The normalized spacial score (nSPS) is 21.6. The number of imidazole rings is 1. The van der Waals surface area contributed by atoms with Gasteiger partial charge in [0.15, 0.2) is 0 Å². The maximum Gasteiger partial charge on any atom is 0.227 e. The molecule has 0 spiro atoms. The summed E-state index contributed by atoms with van der Waals surface area (Å²) in [6.07, 6.45) is 10.6. The van der Waals surface area contributed by atoms with Crippen LogP contribution in [0.5, 0.6) is 0 Å². The molecule has 2 aliphatic heterocycles. The molecule has 1 atom stereocenters. The molecule has 0 aliphatic carbocycles. The Kier molecular flexibility index (Phi) is 4.78. The zero-order valence-electron chi connectivity index (χ0n) is 14.5. The maximum atomic E-state index is 12.6. The van der Waals surface area contributed by atoms with Gasteiger partial charge in [0, 0.05) is 56.9 Å². The van der Waals surface area contributed by atoms with Crippen molar-refractivity contribution in [1.82, 2.24) is 24.8 Å². The van der Waals surface area contributed by atoms with Crippen molar-refractivity contribution >= 4 is 5.91 Å². The number of hydrogen-bond acceptors (Lipinski definition) is 4. The van der Waals surface area contributed by atoms with Gasteiger partial charge < -0.3 is 14.8 Å². The van der Waals surface area contributed by atoms with E-state index in [1.54, 1.807) is 0 Å². The van der Waals surface area contributed by atoms with Crippen molar-refractivity contribution in [2.75, 3.05) is 26.2 Å². The van der Waals surface area contributed by atoms with E-state index in [1.165, 1.54) is 5.56 Å². The number of rotatable bonds is 4. The van der Waals surface area contributed by atoms with E-state index in [4.69, 9.17) is 0 Å². The Morgan fingerprint density at radius 1 is 1.16 bits per heavy atom. The second-order valence-electron chi connectivity index (χ2n) is 7.06. The lowest BCUT2D eigenvalue weighted by atomic mass is 9.94. The fourth-order valence-corrected chi connectivity index (χ4v) is 3.98. The molecule has 1 amide bonds. The molecular formula is C19H25N5O. The van der Waals surface area contributed by atoms with Crippen LogP contribution in [-0.2, 0) is 11.3 Å². The number of hydrogen-bond donors (Lipinski definition) is 1. The molecule has 2 aromatic rings. The number of pyridine rings is 1. The summed E-state index contributed by atoms with van der Waals surface area (Å²) in [6, 6.07) is 4.08. The van der Waals surface area contributed by atoms with Crippen LogP contribution in [0.2, 0.25) is 0 Å². The first-order valence-corrected chi connectivity index (χ1v) is 9.20. The van der Waals surface area contributed by atoms with E-state index in [0.717, 1.165) is 57.8 Å². The summed E-state index contributed by atoms with van der Waals surface area (Å²) >= 11 is 0. The minimum Gasteiger partial charge on any atom is -0.342 e. The van der Waals surface area contributed by atoms with Crippen molar-refractivity contribution in [2.45, 2.75) is 31.7 Å². The molecule has 1 N–H and O–H groups in total. The smallest absolute Gasteiger partial charge is 0.227 e. The van der Waals surface area contributed by atoms with Crippen LogP contribution in [-0.4, -0.2) is 51.5 Å². The summed E-state index contributed by atoms with van der Waals surface area (Å²) in [6.45, 7) is 4.34. The fourth-order valence-electron chi connectivity index (χ4n) is 3.98. The number of piperidine rings is 1. The summed E-state index contributed by atoms with van der Waals surface area (Å²) in [7, 11) is 0. The van der Waals surface area contributed by atoms with Gasteiger partial charge >= 0.3 is 0 Å². The summed E-state index contributed by atoms with van der Waals surface area (Å²) < 4.78 is 2.23. The van der Waals surface area contributed by atoms with Crippen LogP contribution in [0.1, 0.15) is 36.6 Å². The number of nitrogens with zero attached hydrogens (tertiary/aromatic N) is 4. The molecule has 2 saturated heterocycles. The molecule has 6 heteroatoms. The lowest BCUT2D eigenvalue weighted by molar-refractivity contribution is -0.136. The van der Waals surface area contributed by atoms with E-state index in [0.29, 0.717) is 11.8 Å². The molecule has 0 radical (unpaired) electrons. The van der Waals surface area contributed by atoms with E-state index in [-0.39, 0.29) is 5.92 Å². The van der Waals surface area contributed by atoms with Gasteiger partial charge in [0.25, 0.3) is 0 Å². The van der Waals surface area contributed by atoms with E-state index >= 15 is 0 Å². The second-order valence-corrected chi connectivity index (χ2v) is 7.06. The van der Waals surface area contributed by atoms with Crippen LogP contribution in [0.4, 0.5) is 0 Å². The molecule has 0 bridgehead atoms. The van der Waals surface area contributed by atoms with Gasteiger partial charge in [0.1, 0.15) is 5.82 Å². The molecule has 2 aromatic heterocycles. The number of nitrogens with one attached hydrogen (secondary N) is 1. The summed E-state index contributed by atoms with van der Waals surface area (Å²) in [5.41, 5.74) is 1.23. The van der Waals surface area contributed by atoms with E-state index in [2.05, 4.69) is 30.9 Å². The van der Waals surface area contributed by atoms with Crippen LogP contribution in [0, 0.1) is 5.92 Å². The Morgan fingerprint density at radius 2 is 1.96 bits per heavy atom. The molecule has 0 saturated carbocycles. The van der Waals surface area contributed by atoms with Gasteiger partial charge in [-0.15, -0.1) is 0 Å². The van der Waals surface area contributed by atoms with Gasteiger partial charge in [-0.05, 0) is 43.5 Å². The van der Waals surface area contributed by atoms with Crippen molar-refractivity contribution < 1.29 is 4.79 Å². The van der Waals surface area contributed by atoms with E-state index < -0.39 is 0 Å². The monoisotopic (exact) mass is 339 g/mol. The SMILES string of the molecule is O=C(C1CCNC1)N1CCC(c2nccn2Cc2ccncc2)CC1. The third-order valence-electron chi connectivity index (χ3n) is 5.43. The van der Waals surface area contributed by atoms with Gasteiger partial charge in [-0.1, -0.05) is 0 Å². The Labute approximate surface area is 148 Å². The first-order valence-electron chi connectivity index (χ1n) is 9.20. The van der Waals surface area contributed by atoms with Crippen LogP contribution in [0.15, 0.2) is 36.9 Å². The molecule has 2 aliphatic rings. The zero-order chi connectivity index (χ0) is 17.1. The summed E-state index contributed by atoms with van der Waals surface area (Å²) in [5, 5.41) is 3.29. The molecule has 4 rings (SSSR count). The van der Waals surface area contributed by atoms with Crippen LogP contribution >= 0.6 is 0 Å². The third-order valence-corrected chi connectivity index (χ3v) is 5.43. The van der Waals surface area contributed by atoms with Gasteiger partial charge in [-0.25, -0.2) is 4.98 Å². The van der Waals surface area contributed by atoms with E-state index in [1.807, 2.05) is 30.7 Å². The average Bonchev–Trinajstić information content (AvgIpc) is 3.34. The molecule has 6 nitrogen and oxygen atoms in total. The highest BCUT2D eigenvalue weighted by atomic mass is 16.2. The average molecular weight is 339 g/mol. The third kappa shape index (κ3) is 3.58. The Bertz CT molecular complexity index is 700. The fraction of sp³-hybridized carbons (Fsp3) is 0.526. The Hall–Kier alpha value is -2.21. The van der Waals surface area contributed by atoms with Crippen molar-refractivity contribution in [3.8, 4) is 0 Å². The Morgan fingerprint density at radius 3 is 2.68 bits per heavy atom. The lowest BCUT2D eigenvalue weighted by Crippen LogP contribution is -2.42. The molecule has 25 heavy (non-hydrogen) atoms. The first kappa shape index (κ1) is 16.3. The highest BCUT2D eigenvalue weighted by molar-refractivity contribution is 5.79. The minimum atomic E-state index is 0.185. The van der Waals surface area contributed by atoms with Gasteiger partial charge in [-0.2, -0.15) is 0 Å². The maximum absolute atomic E-state index is 12.6. The van der Waals surface area contributed by atoms with Crippen molar-refractivity contribution in [1.29, 1.82) is 0 Å². The molecule has 4 heterocycles. The number of likely N-dealkylation sites (tertiary alicyclic amines) is 1. The van der Waals surface area contributed by atoms with Crippen molar-refractivity contribution in [2.24, 2.45) is 5.92 Å². The number of amides is 1. The summed E-state index contributed by atoms with van der Waals surface area (Å²) in [4.78, 5) is 23.3.